The van der Waals surface area contributed by atoms with Gasteiger partial charge in [0.2, 0.25) is 0 Å². The molecule has 0 aliphatic carbocycles. The Morgan fingerprint density at radius 1 is 1.19 bits per heavy atom. The Balaban J connectivity index is 2.11. The summed E-state index contributed by atoms with van der Waals surface area (Å²) in [6.45, 7) is 4.27. The molecule has 1 heterocycles. The first-order valence-corrected chi connectivity index (χ1v) is 9.78. The van der Waals surface area contributed by atoms with Crippen molar-refractivity contribution in [1.29, 1.82) is 0 Å². The van der Waals surface area contributed by atoms with Gasteiger partial charge in [-0.05, 0) is 42.5 Å². The first-order chi connectivity index (χ1) is 9.91. The van der Waals surface area contributed by atoms with Gasteiger partial charge in [0.25, 0.3) is 0 Å². The minimum Gasteiger partial charge on any atom is -0.303 e. The summed E-state index contributed by atoms with van der Waals surface area (Å²) in [5.74, 6) is 0. The highest BCUT2D eigenvalue weighted by Crippen LogP contribution is 2.26. The van der Waals surface area contributed by atoms with Gasteiger partial charge in [0.1, 0.15) is 0 Å². The normalized spacial score (nSPS) is 14.8. The summed E-state index contributed by atoms with van der Waals surface area (Å²) < 4.78 is 23.0. The van der Waals surface area contributed by atoms with Crippen molar-refractivity contribution in [3.63, 3.8) is 0 Å². The molecule has 0 radical (unpaired) electrons. The smallest absolute Gasteiger partial charge is 0.175 e. The number of sulfone groups is 1. The molecule has 1 aromatic carbocycles. The highest BCUT2D eigenvalue weighted by molar-refractivity contribution is 7.90. The minimum absolute atomic E-state index is 0.172. The van der Waals surface area contributed by atoms with Gasteiger partial charge < -0.3 is 5.32 Å². The molecule has 0 spiro atoms. The quantitative estimate of drug-likeness (QED) is 0.875. The summed E-state index contributed by atoms with van der Waals surface area (Å²) in [7, 11) is -3.13. The number of hydrogen-bond acceptors (Lipinski definition) is 4. The van der Waals surface area contributed by atoms with Gasteiger partial charge in [0.15, 0.2) is 9.84 Å². The monoisotopic (exact) mass is 323 g/mol. The molecule has 0 aliphatic heterocycles. The Labute approximate surface area is 130 Å². The van der Waals surface area contributed by atoms with Gasteiger partial charge in [0.05, 0.1) is 4.90 Å². The van der Waals surface area contributed by atoms with E-state index in [1.165, 1.54) is 11.1 Å². The van der Waals surface area contributed by atoms with Crippen molar-refractivity contribution in [2.24, 2.45) is 0 Å². The second kappa shape index (κ2) is 6.73. The highest BCUT2D eigenvalue weighted by atomic mass is 32.2. The van der Waals surface area contributed by atoms with E-state index >= 15 is 0 Å². The Morgan fingerprint density at radius 3 is 2.33 bits per heavy atom. The van der Waals surface area contributed by atoms with Crippen molar-refractivity contribution in [1.82, 2.24) is 5.32 Å². The lowest BCUT2D eigenvalue weighted by Gasteiger charge is -2.22. The van der Waals surface area contributed by atoms with Crippen LogP contribution in [0.4, 0.5) is 0 Å². The second-order valence-corrected chi connectivity index (χ2v) is 8.20. The topological polar surface area (TPSA) is 46.2 Å². The maximum Gasteiger partial charge on any atom is 0.175 e. The van der Waals surface area contributed by atoms with Crippen LogP contribution in [0.3, 0.4) is 0 Å². The molecule has 114 valence electrons. The molecule has 2 unspecified atom stereocenters. The first kappa shape index (κ1) is 16.2. The predicted octanol–water partition coefficient (Wildman–Crippen LogP) is 3.95. The number of thiophene rings is 1. The third-order valence-electron chi connectivity index (χ3n) is 3.55. The maximum absolute atomic E-state index is 11.5. The molecule has 0 aliphatic rings. The third-order valence-corrected chi connectivity index (χ3v) is 5.67. The summed E-state index contributed by atoms with van der Waals surface area (Å²) in [5.41, 5.74) is 1.09. The lowest BCUT2D eigenvalue weighted by atomic mass is 10.1. The lowest BCUT2D eigenvalue weighted by molar-refractivity contribution is 0.462. The van der Waals surface area contributed by atoms with Gasteiger partial charge in [-0.3, -0.25) is 0 Å². The molecule has 0 saturated carbocycles. The molecule has 0 amide bonds. The van der Waals surface area contributed by atoms with E-state index in [9.17, 15) is 8.42 Å². The molecular weight excluding hydrogens is 302 g/mol. The fourth-order valence-electron chi connectivity index (χ4n) is 2.29. The van der Waals surface area contributed by atoms with Gasteiger partial charge in [-0.2, -0.15) is 0 Å². The zero-order valence-electron chi connectivity index (χ0n) is 12.5. The molecule has 1 aromatic heterocycles. The molecule has 0 saturated heterocycles. The molecule has 5 heteroatoms. The van der Waals surface area contributed by atoms with Crippen molar-refractivity contribution in [3.05, 3.63) is 52.2 Å². The highest BCUT2D eigenvalue weighted by Gasteiger charge is 2.15. The second-order valence-electron chi connectivity index (χ2n) is 5.21. The predicted molar refractivity (Wildman–Crippen MR) is 88.5 cm³/mol. The SMILES string of the molecule is CCC(NC(C)c1ccc(S(C)(=O)=O)cc1)c1cccs1. The van der Waals surface area contributed by atoms with Crippen molar-refractivity contribution in [2.75, 3.05) is 6.26 Å². The molecule has 2 rings (SSSR count). The Hall–Kier alpha value is -1.17. The first-order valence-electron chi connectivity index (χ1n) is 7.01. The van der Waals surface area contributed by atoms with Crippen molar-refractivity contribution in [2.45, 2.75) is 37.2 Å². The third kappa shape index (κ3) is 4.15. The van der Waals surface area contributed by atoms with E-state index in [-0.39, 0.29) is 6.04 Å². The lowest BCUT2D eigenvalue weighted by Crippen LogP contribution is -2.23. The van der Waals surface area contributed by atoms with Gasteiger partial charge >= 0.3 is 0 Å². The molecule has 1 N–H and O–H groups in total. The van der Waals surface area contributed by atoms with E-state index in [0.29, 0.717) is 10.9 Å². The average molecular weight is 323 g/mol. The van der Waals surface area contributed by atoms with Gasteiger partial charge in [-0.25, -0.2) is 8.42 Å². The van der Waals surface area contributed by atoms with Crippen LogP contribution < -0.4 is 5.32 Å². The van der Waals surface area contributed by atoms with E-state index in [1.54, 1.807) is 23.5 Å². The average Bonchev–Trinajstić information content (AvgIpc) is 2.97. The van der Waals surface area contributed by atoms with Crippen LogP contribution in [0.1, 0.15) is 42.8 Å². The summed E-state index contributed by atoms with van der Waals surface area (Å²) in [6, 6.07) is 11.8. The fourth-order valence-corrected chi connectivity index (χ4v) is 3.79. The minimum atomic E-state index is -3.13. The van der Waals surface area contributed by atoms with Crippen molar-refractivity contribution in [3.8, 4) is 0 Å². The zero-order chi connectivity index (χ0) is 15.5. The van der Waals surface area contributed by atoms with E-state index < -0.39 is 9.84 Å². The summed E-state index contributed by atoms with van der Waals surface area (Å²) in [4.78, 5) is 1.70. The van der Waals surface area contributed by atoms with Crippen LogP contribution in [0.5, 0.6) is 0 Å². The van der Waals surface area contributed by atoms with Crippen molar-refractivity contribution >= 4 is 21.2 Å². The van der Waals surface area contributed by atoms with Gasteiger partial charge in [0, 0.05) is 23.2 Å². The van der Waals surface area contributed by atoms with E-state index in [2.05, 4.69) is 36.7 Å². The van der Waals surface area contributed by atoms with Crippen LogP contribution in [-0.2, 0) is 9.84 Å². The van der Waals surface area contributed by atoms with E-state index in [1.807, 2.05) is 12.1 Å². The van der Waals surface area contributed by atoms with Gasteiger partial charge in [-0.1, -0.05) is 25.1 Å². The standard InChI is InChI=1S/C16H21NO2S2/c1-4-15(16-6-5-11-20-16)17-12(2)13-7-9-14(10-8-13)21(3,18)19/h5-12,15,17H,4H2,1-3H3. The Kier molecular flexibility index (Phi) is 5.19. The van der Waals surface area contributed by atoms with Crippen LogP contribution in [0.2, 0.25) is 0 Å². The van der Waals surface area contributed by atoms with Crippen LogP contribution in [-0.4, -0.2) is 14.7 Å². The van der Waals surface area contributed by atoms with Crippen LogP contribution in [0.15, 0.2) is 46.7 Å². The van der Waals surface area contributed by atoms with Crippen molar-refractivity contribution < 1.29 is 8.42 Å². The molecular formula is C16H21NO2S2. The maximum atomic E-state index is 11.5. The molecule has 21 heavy (non-hydrogen) atoms. The molecule has 0 bridgehead atoms. The van der Waals surface area contributed by atoms with Crippen LogP contribution >= 0.6 is 11.3 Å². The van der Waals surface area contributed by atoms with Gasteiger partial charge in [-0.15, -0.1) is 11.3 Å². The molecule has 3 nitrogen and oxygen atoms in total. The van der Waals surface area contributed by atoms with E-state index in [4.69, 9.17) is 0 Å². The molecule has 2 aromatic rings. The van der Waals surface area contributed by atoms with Crippen LogP contribution in [0.25, 0.3) is 0 Å². The Morgan fingerprint density at radius 2 is 1.86 bits per heavy atom. The number of nitrogens with one attached hydrogen (secondary N) is 1. The fraction of sp³-hybridized carbons (Fsp3) is 0.375. The summed E-state index contributed by atoms with van der Waals surface area (Å²) in [5, 5.41) is 5.69. The number of hydrogen-bond donors (Lipinski definition) is 1. The largest absolute Gasteiger partial charge is 0.303 e. The van der Waals surface area contributed by atoms with E-state index in [0.717, 1.165) is 12.0 Å². The summed E-state index contributed by atoms with van der Waals surface area (Å²) in [6.07, 6.45) is 2.25. The number of rotatable bonds is 6. The zero-order valence-corrected chi connectivity index (χ0v) is 14.2. The molecule has 2 atom stereocenters. The number of benzene rings is 1. The van der Waals surface area contributed by atoms with Crippen LogP contribution in [0, 0.1) is 0 Å². The molecule has 0 fully saturated rings. The Bertz CT molecular complexity index is 661. The summed E-state index contributed by atoms with van der Waals surface area (Å²) >= 11 is 1.76.